The van der Waals surface area contributed by atoms with Gasteiger partial charge >= 0.3 is 0 Å². The molecule has 0 aromatic carbocycles. The smallest absolute Gasteiger partial charge is 0.241 e. The Morgan fingerprint density at radius 1 is 1.25 bits per heavy atom. The molecule has 8 heteroatoms. The number of nitrogens with zero attached hydrogens (tertiary/aromatic N) is 6. The quantitative estimate of drug-likeness (QED) is 0.706. The van der Waals surface area contributed by atoms with Crippen LogP contribution >= 0.6 is 0 Å². The summed E-state index contributed by atoms with van der Waals surface area (Å²) in [5, 5.41) is 3.17. The van der Waals surface area contributed by atoms with E-state index in [1.807, 2.05) is 0 Å². The molecule has 0 fully saturated rings. The van der Waals surface area contributed by atoms with Gasteiger partial charge in [-0.25, -0.2) is 4.98 Å². The Morgan fingerprint density at radius 3 is 2.80 bits per heavy atom. The average molecular weight is 276 g/mol. The standard InChI is InChI=1S/C12H20N8/c1-19(2)7-4-3-5-15-11-16-10(13)17-12(18-11)20-8-6-14-9-20/h6,8-9H,3-5,7H2,1-2H3,(H3,13,15,16,17,18). The fourth-order valence-electron chi connectivity index (χ4n) is 1.71. The van der Waals surface area contributed by atoms with Gasteiger partial charge in [0.25, 0.3) is 0 Å². The Labute approximate surface area is 118 Å². The predicted molar refractivity (Wildman–Crippen MR) is 77.6 cm³/mol. The molecule has 2 aromatic rings. The maximum atomic E-state index is 5.69. The summed E-state index contributed by atoms with van der Waals surface area (Å²) in [6, 6.07) is 0. The maximum Gasteiger partial charge on any atom is 0.241 e. The summed E-state index contributed by atoms with van der Waals surface area (Å²) in [6.45, 7) is 1.88. The van der Waals surface area contributed by atoms with Crippen LogP contribution in [0, 0.1) is 0 Å². The van der Waals surface area contributed by atoms with Crippen molar-refractivity contribution >= 4 is 11.9 Å². The van der Waals surface area contributed by atoms with Crippen LogP contribution in [-0.2, 0) is 0 Å². The number of unbranched alkanes of at least 4 members (excludes halogenated alkanes) is 1. The molecular formula is C12H20N8. The van der Waals surface area contributed by atoms with Crippen LogP contribution in [0.3, 0.4) is 0 Å². The lowest BCUT2D eigenvalue weighted by Gasteiger charge is -2.10. The van der Waals surface area contributed by atoms with Crippen LogP contribution in [-0.4, -0.2) is 56.6 Å². The van der Waals surface area contributed by atoms with E-state index < -0.39 is 0 Å². The largest absolute Gasteiger partial charge is 0.368 e. The first-order chi connectivity index (χ1) is 9.65. The van der Waals surface area contributed by atoms with Crippen molar-refractivity contribution in [2.75, 3.05) is 38.2 Å². The molecule has 0 saturated heterocycles. The van der Waals surface area contributed by atoms with Crippen LogP contribution < -0.4 is 11.1 Å². The van der Waals surface area contributed by atoms with Crippen molar-refractivity contribution in [1.29, 1.82) is 0 Å². The number of hydrogen-bond donors (Lipinski definition) is 2. The highest BCUT2D eigenvalue weighted by molar-refractivity contribution is 5.34. The zero-order chi connectivity index (χ0) is 14.4. The molecule has 0 amide bonds. The molecule has 0 bridgehead atoms. The van der Waals surface area contributed by atoms with E-state index in [2.05, 4.69) is 44.2 Å². The van der Waals surface area contributed by atoms with Gasteiger partial charge in [-0.1, -0.05) is 0 Å². The highest BCUT2D eigenvalue weighted by Crippen LogP contribution is 2.07. The number of rotatable bonds is 7. The molecule has 0 atom stereocenters. The number of aromatic nitrogens is 5. The molecule has 2 aromatic heterocycles. The lowest BCUT2D eigenvalue weighted by Crippen LogP contribution is -2.15. The van der Waals surface area contributed by atoms with Crippen LogP contribution in [0.4, 0.5) is 11.9 Å². The van der Waals surface area contributed by atoms with Crippen molar-refractivity contribution < 1.29 is 0 Å². The second-order valence-corrected chi connectivity index (χ2v) is 4.72. The molecule has 3 N–H and O–H groups in total. The lowest BCUT2D eigenvalue weighted by molar-refractivity contribution is 0.396. The Morgan fingerprint density at radius 2 is 2.10 bits per heavy atom. The van der Waals surface area contributed by atoms with Crippen LogP contribution in [0.2, 0.25) is 0 Å². The van der Waals surface area contributed by atoms with E-state index in [1.54, 1.807) is 23.3 Å². The van der Waals surface area contributed by atoms with Gasteiger partial charge in [-0.2, -0.15) is 15.0 Å². The maximum absolute atomic E-state index is 5.69. The number of nitrogens with one attached hydrogen (secondary N) is 1. The number of hydrogen-bond acceptors (Lipinski definition) is 7. The van der Waals surface area contributed by atoms with E-state index in [-0.39, 0.29) is 5.95 Å². The molecule has 0 radical (unpaired) electrons. The van der Waals surface area contributed by atoms with Gasteiger partial charge in [0.15, 0.2) is 0 Å². The Kier molecular flexibility index (Phi) is 4.83. The lowest BCUT2D eigenvalue weighted by atomic mass is 10.3. The first-order valence-electron chi connectivity index (χ1n) is 6.53. The van der Waals surface area contributed by atoms with Crippen LogP contribution in [0.15, 0.2) is 18.7 Å². The molecule has 2 heterocycles. The zero-order valence-corrected chi connectivity index (χ0v) is 11.8. The summed E-state index contributed by atoms with van der Waals surface area (Å²) in [5.74, 6) is 1.15. The summed E-state index contributed by atoms with van der Waals surface area (Å²) < 4.78 is 1.69. The summed E-state index contributed by atoms with van der Waals surface area (Å²) >= 11 is 0. The van der Waals surface area contributed by atoms with Crippen molar-refractivity contribution in [2.24, 2.45) is 0 Å². The molecule has 20 heavy (non-hydrogen) atoms. The number of nitrogens with two attached hydrogens (primary N) is 1. The first kappa shape index (κ1) is 14.2. The third-order valence-corrected chi connectivity index (χ3v) is 2.69. The summed E-state index contributed by atoms with van der Waals surface area (Å²) in [7, 11) is 4.13. The van der Waals surface area contributed by atoms with Gasteiger partial charge in [0.1, 0.15) is 6.33 Å². The Hall–Kier alpha value is -2.22. The van der Waals surface area contributed by atoms with E-state index in [9.17, 15) is 0 Å². The van der Waals surface area contributed by atoms with Crippen LogP contribution in [0.25, 0.3) is 5.95 Å². The molecule has 108 valence electrons. The topological polar surface area (TPSA) is 97.8 Å². The SMILES string of the molecule is CN(C)CCCCNc1nc(N)nc(-n2ccnc2)n1. The fraction of sp³-hybridized carbons (Fsp3) is 0.500. The van der Waals surface area contributed by atoms with Gasteiger partial charge in [0.05, 0.1) is 0 Å². The highest BCUT2D eigenvalue weighted by Gasteiger charge is 2.05. The average Bonchev–Trinajstić information content (AvgIpc) is 2.91. The predicted octanol–water partition coefficient (Wildman–Crippen LogP) is 0.393. The summed E-state index contributed by atoms with van der Waals surface area (Å²) in [4.78, 5) is 18.6. The molecule has 0 aliphatic rings. The van der Waals surface area contributed by atoms with Gasteiger partial charge < -0.3 is 16.0 Å². The Balaban J connectivity index is 1.92. The van der Waals surface area contributed by atoms with Crippen molar-refractivity contribution in [2.45, 2.75) is 12.8 Å². The van der Waals surface area contributed by atoms with E-state index in [4.69, 9.17) is 5.73 Å². The molecule has 0 unspecified atom stereocenters. The van der Waals surface area contributed by atoms with Gasteiger partial charge in [0.2, 0.25) is 17.8 Å². The van der Waals surface area contributed by atoms with Crippen molar-refractivity contribution in [3.63, 3.8) is 0 Å². The Bertz CT molecular complexity index is 522. The number of anilines is 2. The minimum Gasteiger partial charge on any atom is -0.368 e. The number of imidazole rings is 1. The molecular weight excluding hydrogens is 256 g/mol. The molecule has 2 rings (SSSR count). The second-order valence-electron chi connectivity index (χ2n) is 4.72. The normalized spacial score (nSPS) is 10.9. The van der Waals surface area contributed by atoms with Crippen molar-refractivity contribution in [1.82, 2.24) is 29.4 Å². The van der Waals surface area contributed by atoms with E-state index in [0.29, 0.717) is 11.9 Å². The summed E-state index contributed by atoms with van der Waals surface area (Å²) in [5.41, 5.74) is 5.69. The van der Waals surface area contributed by atoms with E-state index >= 15 is 0 Å². The van der Waals surface area contributed by atoms with Gasteiger partial charge in [0, 0.05) is 18.9 Å². The minimum absolute atomic E-state index is 0.194. The third-order valence-electron chi connectivity index (χ3n) is 2.69. The van der Waals surface area contributed by atoms with Crippen molar-refractivity contribution in [3.05, 3.63) is 18.7 Å². The molecule has 8 nitrogen and oxygen atoms in total. The van der Waals surface area contributed by atoms with Crippen LogP contribution in [0.1, 0.15) is 12.8 Å². The molecule has 0 aliphatic carbocycles. The second kappa shape index (κ2) is 6.80. The van der Waals surface area contributed by atoms with E-state index in [0.717, 1.165) is 25.9 Å². The third kappa shape index (κ3) is 4.16. The fourth-order valence-corrected chi connectivity index (χ4v) is 1.71. The molecule has 0 spiro atoms. The first-order valence-corrected chi connectivity index (χ1v) is 6.53. The molecule has 0 aliphatic heterocycles. The molecule has 0 saturated carbocycles. The van der Waals surface area contributed by atoms with Gasteiger partial charge in [-0.15, -0.1) is 0 Å². The van der Waals surface area contributed by atoms with E-state index in [1.165, 1.54) is 0 Å². The summed E-state index contributed by atoms with van der Waals surface area (Å²) in [6.07, 6.45) is 7.21. The monoisotopic (exact) mass is 276 g/mol. The number of nitrogen functional groups attached to an aromatic ring is 1. The zero-order valence-electron chi connectivity index (χ0n) is 11.8. The van der Waals surface area contributed by atoms with Gasteiger partial charge in [-0.05, 0) is 33.5 Å². The van der Waals surface area contributed by atoms with Crippen molar-refractivity contribution in [3.8, 4) is 5.95 Å². The minimum atomic E-state index is 0.194. The highest BCUT2D eigenvalue weighted by atomic mass is 15.3. The van der Waals surface area contributed by atoms with Gasteiger partial charge in [-0.3, -0.25) is 4.57 Å². The van der Waals surface area contributed by atoms with Crippen LogP contribution in [0.5, 0.6) is 0 Å².